The molecule has 0 aliphatic heterocycles. The second kappa shape index (κ2) is 10.4. The molecule has 0 atom stereocenters. The molecular formula is C23H24N2O6. The first-order chi connectivity index (χ1) is 15.0. The van der Waals surface area contributed by atoms with Gasteiger partial charge in [0.05, 0.1) is 12.2 Å². The Morgan fingerprint density at radius 1 is 0.968 bits per heavy atom. The molecule has 0 heterocycles. The number of para-hydroxylation sites is 1. The second-order valence-electron chi connectivity index (χ2n) is 7.04. The Hall–Kier alpha value is -3.68. The highest BCUT2D eigenvalue weighted by atomic mass is 16.5. The van der Waals surface area contributed by atoms with E-state index in [4.69, 9.17) is 9.47 Å². The van der Waals surface area contributed by atoms with Gasteiger partial charge < -0.3 is 14.8 Å². The van der Waals surface area contributed by atoms with E-state index in [0.29, 0.717) is 11.4 Å². The van der Waals surface area contributed by atoms with E-state index >= 15 is 0 Å². The quantitative estimate of drug-likeness (QED) is 0.621. The van der Waals surface area contributed by atoms with Gasteiger partial charge in [0.1, 0.15) is 6.54 Å². The first-order valence-corrected chi connectivity index (χ1v) is 10.1. The highest BCUT2D eigenvalue weighted by Crippen LogP contribution is 2.30. The number of rotatable bonds is 9. The molecule has 8 nitrogen and oxygen atoms in total. The van der Waals surface area contributed by atoms with Crippen molar-refractivity contribution in [2.24, 2.45) is 5.92 Å². The molecular weight excluding hydrogens is 400 g/mol. The molecule has 2 amide bonds. The molecule has 1 aliphatic carbocycles. The monoisotopic (exact) mass is 424 g/mol. The van der Waals surface area contributed by atoms with Crippen LogP contribution in [0.3, 0.4) is 0 Å². The van der Waals surface area contributed by atoms with E-state index in [0.717, 1.165) is 12.8 Å². The Kier molecular flexibility index (Phi) is 7.37. The topological polar surface area (TPSA) is 102 Å². The van der Waals surface area contributed by atoms with Crippen molar-refractivity contribution in [1.29, 1.82) is 0 Å². The second-order valence-corrected chi connectivity index (χ2v) is 7.04. The van der Waals surface area contributed by atoms with Crippen LogP contribution in [0.25, 0.3) is 0 Å². The molecule has 162 valence electrons. The number of amides is 2. The van der Waals surface area contributed by atoms with E-state index < -0.39 is 24.5 Å². The van der Waals surface area contributed by atoms with Gasteiger partial charge in [0.2, 0.25) is 5.91 Å². The molecule has 1 saturated carbocycles. The average molecular weight is 424 g/mol. The van der Waals surface area contributed by atoms with Crippen molar-refractivity contribution < 1.29 is 28.7 Å². The van der Waals surface area contributed by atoms with Crippen molar-refractivity contribution in [3.63, 3.8) is 0 Å². The van der Waals surface area contributed by atoms with E-state index in [2.05, 4.69) is 5.32 Å². The van der Waals surface area contributed by atoms with Crippen LogP contribution in [0.4, 0.5) is 11.4 Å². The van der Waals surface area contributed by atoms with Crippen LogP contribution in [-0.2, 0) is 23.9 Å². The van der Waals surface area contributed by atoms with Gasteiger partial charge >= 0.3 is 11.9 Å². The Bertz CT molecular complexity index is 938. The molecule has 2 aromatic rings. The molecule has 3 rings (SSSR count). The third kappa shape index (κ3) is 6.40. The average Bonchev–Trinajstić information content (AvgIpc) is 3.62. The molecule has 0 saturated heterocycles. The first-order valence-electron chi connectivity index (χ1n) is 10.1. The number of hydrogen-bond donors (Lipinski definition) is 1. The van der Waals surface area contributed by atoms with E-state index in [1.807, 2.05) is 0 Å². The van der Waals surface area contributed by atoms with Crippen molar-refractivity contribution in [1.82, 2.24) is 0 Å². The summed E-state index contributed by atoms with van der Waals surface area (Å²) in [6.07, 6.45) is 1.81. The molecule has 1 N–H and O–H groups in total. The summed E-state index contributed by atoms with van der Waals surface area (Å²) in [6.45, 7) is 1.05. The minimum atomic E-state index is -0.683. The first kappa shape index (κ1) is 22.0. The highest BCUT2D eigenvalue weighted by Gasteiger charge is 2.29. The van der Waals surface area contributed by atoms with E-state index in [1.54, 1.807) is 49.4 Å². The van der Waals surface area contributed by atoms with Crippen LogP contribution in [0.5, 0.6) is 0 Å². The lowest BCUT2D eigenvalue weighted by atomic mass is 10.2. The summed E-state index contributed by atoms with van der Waals surface area (Å²) in [7, 11) is 0. The number of benzene rings is 2. The Morgan fingerprint density at radius 2 is 1.65 bits per heavy atom. The lowest BCUT2D eigenvalue weighted by molar-refractivity contribution is -0.142. The SMILES string of the molecule is CCOC(=O)CN(C(=O)COC(=O)c1ccc(NC(=O)C2CC2)cc1)c1ccccc1. The van der Waals surface area contributed by atoms with Gasteiger partial charge in [-0.05, 0) is 56.2 Å². The number of carbonyl (C=O) groups is 4. The largest absolute Gasteiger partial charge is 0.465 e. The summed E-state index contributed by atoms with van der Waals surface area (Å²) in [5.74, 6) is -1.74. The molecule has 0 radical (unpaired) electrons. The van der Waals surface area contributed by atoms with Gasteiger partial charge in [0.25, 0.3) is 5.91 Å². The third-order valence-corrected chi connectivity index (χ3v) is 4.62. The van der Waals surface area contributed by atoms with Crippen molar-refractivity contribution in [2.75, 3.05) is 30.0 Å². The zero-order valence-corrected chi connectivity index (χ0v) is 17.2. The summed E-state index contributed by atoms with van der Waals surface area (Å²) >= 11 is 0. The predicted molar refractivity (Wildman–Crippen MR) is 114 cm³/mol. The Labute approximate surface area is 180 Å². The number of ether oxygens (including phenoxy) is 2. The summed E-state index contributed by atoms with van der Waals surface area (Å²) in [5, 5.41) is 2.79. The number of esters is 2. The van der Waals surface area contributed by atoms with E-state index in [9.17, 15) is 19.2 Å². The summed E-state index contributed by atoms with van der Waals surface area (Å²) in [4.78, 5) is 49.9. The summed E-state index contributed by atoms with van der Waals surface area (Å²) in [6, 6.07) is 14.8. The molecule has 1 fully saturated rings. The zero-order valence-electron chi connectivity index (χ0n) is 17.2. The van der Waals surface area contributed by atoms with Gasteiger partial charge in [-0.25, -0.2) is 4.79 Å². The molecule has 2 aromatic carbocycles. The normalized spacial score (nSPS) is 12.5. The number of carbonyl (C=O) groups excluding carboxylic acids is 4. The smallest absolute Gasteiger partial charge is 0.338 e. The van der Waals surface area contributed by atoms with Gasteiger partial charge in [-0.3, -0.25) is 19.3 Å². The minimum absolute atomic E-state index is 0.0245. The Morgan fingerprint density at radius 3 is 2.26 bits per heavy atom. The highest BCUT2D eigenvalue weighted by molar-refractivity contribution is 6.00. The lowest BCUT2D eigenvalue weighted by Crippen LogP contribution is -2.39. The predicted octanol–water partition coefficient (Wildman–Crippen LogP) is 2.79. The van der Waals surface area contributed by atoms with Crippen LogP contribution in [0.2, 0.25) is 0 Å². The van der Waals surface area contributed by atoms with E-state index in [-0.39, 0.29) is 30.5 Å². The Balaban J connectivity index is 1.58. The lowest BCUT2D eigenvalue weighted by Gasteiger charge is -2.21. The van der Waals surface area contributed by atoms with Crippen molar-refractivity contribution in [3.05, 3.63) is 60.2 Å². The maximum Gasteiger partial charge on any atom is 0.338 e. The third-order valence-electron chi connectivity index (χ3n) is 4.62. The van der Waals surface area contributed by atoms with Crippen LogP contribution in [0.15, 0.2) is 54.6 Å². The molecule has 0 bridgehead atoms. The molecule has 8 heteroatoms. The maximum absolute atomic E-state index is 12.7. The summed E-state index contributed by atoms with van der Waals surface area (Å²) in [5.41, 5.74) is 1.33. The number of nitrogens with zero attached hydrogens (tertiary/aromatic N) is 1. The van der Waals surface area contributed by atoms with E-state index in [1.165, 1.54) is 17.0 Å². The summed E-state index contributed by atoms with van der Waals surface area (Å²) < 4.78 is 10.1. The number of nitrogens with one attached hydrogen (secondary N) is 1. The fourth-order valence-electron chi connectivity index (χ4n) is 2.84. The van der Waals surface area contributed by atoms with Gasteiger partial charge in [-0.1, -0.05) is 18.2 Å². The van der Waals surface area contributed by atoms with Crippen molar-refractivity contribution in [3.8, 4) is 0 Å². The molecule has 0 aromatic heterocycles. The van der Waals surface area contributed by atoms with Crippen LogP contribution in [0.1, 0.15) is 30.1 Å². The van der Waals surface area contributed by atoms with Gasteiger partial charge in [-0.15, -0.1) is 0 Å². The van der Waals surface area contributed by atoms with Crippen LogP contribution in [-0.4, -0.2) is 43.5 Å². The van der Waals surface area contributed by atoms with Crippen molar-refractivity contribution in [2.45, 2.75) is 19.8 Å². The van der Waals surface area contributed by atoms with Crippen LogP contribution in [0, 0.1) is 5.92 Å². The standard InChI is InChI=1S/C23H24N2O6/c1-2-30-21(27)14-25(19-6-4-3-5-7-19)20(26)15-31-23(29)17-10-12-18(13-11-17)24-22(28)16-8-9-16/h3-7,10-13,16H,2,8-9,14-15H2,1H3,(H,24,28). The van der Waals surface area contributed by atoms with Crippen molar-refractivity contribution >= 4 is 35.1 Å². The molecule has 0 unspecified atom stereocenters. The van der Waals surface area contributed by atoms with Crippen LogP contribution >= 0.6 is 0 Å². The minimum Gasteiger partial charge on any atom is -0.465 e. The fourth-order valence-corrected chi connectivity index (χ4v) is 2.84. The van der Waals surface area contributed by atoms with Crippen LogP contribution < -0.4 is 10.2 Å². The van der Waals surface area contributed by atoms with Gasteiger partial charge in [-0.2, -0.15) is 0 Å². The molecule has 31 heavy (non-hydrogen) atoms. The molecule has 1 aliphatic rings. The number of anilines is 2. The van der Waals surface area contributed by atoms with Gasteiger partial charge in [0.15, 0.2) is 6.61 Å². The molecule has 0 spiro atoms. The fraction of sp³-hybridized carbons (Fsp3) is 0.304. The maximum atomic E-state index is 12.7. The number of hydrogen-bond acceptors (Lipinski definition) is 6. The van der Waals surface area contributed by atoms with Gasteiger partial charge in [0, 0.05) is 17.3 Å². The zero-order chi connectivity index (χ0) is 22.2.